The SMILES string of the molecule is N#C/C(=C\c1cnc(-c2ccccc2)[nH]1)c1ccccn1. The summed E-state index contributed by atoms with van der Waals surface area (Å²) >= 11 is 0. The van der Waals surface area contributed by atoms with Gasteiger partial charge in [0.2, 0.25) is 0 Å². The summed E-state index contributed by atoms with van der Waals surface area (Å²) in [6, 6.07) is 17.5. The monoisotopic (exact) mass is 272 g/mol. The van der Waals surface area contributed by atoms with Gasteiger partial charge in [0.05, 0.1) is 23.2 Å². The van der Waals surface area contributed by atoms with E-state index in [-0.39, 0.29) is 0 Å². The Balaban J connectivity index is 1.93. The van der Waals surface area contributed by atoms with Crippen molar-refractivity contribution in [2.75, 3.05) is 0 Å². The number of H-pyrrole nitrogens is 1. The number of nitrogens with one attached hydrogen (secondary N) is 1. The van der Waals surface area contributed by atoms with Crippen LogP contribution >= 0.6 is 0 Å². The number of aromatic amines is 1. The van der Waals surface area contributed by atoms with Crippen molar-refractivity contribution in [3.05, 3.63) is 72.3 Å². The number of hydrogen-bond acceptors (Lipinski definition) is 3. The molecule has 0 spiro atoms. The second-order valence-corrected chi connectivity index (χ2v) is 4.44. The van der Waals surface area contributed by atoms with Gasteiger partial charge in [0.25, 0.3) is 0 Å². The van der Waals surface area contributed by atoms with Crippen LogP contribution in [0.15, 0.2) is 60.9 Å². The standard InChI is InChI=1S/C17H12N4/c18-11-14(16-8-4-5-9-19-16)10-15-12-20-17(21-15)13-6-2-1-3-7-13/h1-10,12H,(H,20,21)/b14-10+. The van der Waals surface area contributed by atoms with Gasteiger partial charge in [-0.2, -0.15) is 5.26 Å². The molecule has 0 aliphatic carbocycles. The van der Waals surface area contributed by atoms with Crippen LogP contribution in [0.25, 0.3) is 23.0 Å². The lowest BCUT2D eigenvalue weighted by Gasteiger charge is -1.97. The summed E-state index contributed by atoms with van der Waals surface area (Å²) in [6.07, 6.45) is 5.13. The molecule has 0 radical (unpaired) electrons. The highest BCUT2D eigenvalue weighted by molar-refractivity contribution is 5.87. The minimum absolute atomic E-state index is 0.499. The molecule has 0 aliphatic heterocycles. The van der Waals surface area contributed by atoms with E-state index in [9.17, 15) is 5.26 Å². The zero-order valence-corrected chi connectivity index (χ0v) is 11.2. The molecule has 21 heavy (non-hydrogen) atoms. The summed E-state index contributed by atoms with van der Waals surface area (Å²) in [7, 11) is 0. The van der Waals surface area contributed by atoms with Gasteiger partial charge in [0.1, 0.15) is 11.9 Å². The van der Waals surface area contributed by atoms with Crippen molar-refractivity contribution in [3.63, 3.8) is 0 Å². The van der Waals surface area contributed by atoms with Crippen LogP contribution in [0, 0.1) is 11.3 Å². The maximum Gasteiger partial charge on any atom is 0.137 e. The van der Waals surface area contributed by atoms with E-state index in [1.54, 1.807) is 18.5 Å². The minimum Gasteiger partial charge on any atom is -0.338 e. The fraction of sp³-hybridized carbons (Fsp3) is 0. The van der Waals surface area contributed by atoms with Crippen LogP contribution in [-0.4, -0.2) is 15.0 Å². The molecule has 0 atom stereocenters. The Morgan fingerprint density at radius 2 is 1.86 bits per heavy atom. The number of rotatable bonds is 3. The van der Waals surface area contributed by atoms with Crippen molar-refractivity contribution in [2.24, 2.45) is 0 Å². The van der Waals surface area contributed by atoms with Gasteiger partial charge in [0, 0.05) is 11.8 Å². The Morgan fingerprint density at radius 1 is 1.05 bits per heavy atom. The molecule has 0 fully saturated rings. The molecule has 3 rings (SSSR count). The second kappa shape index (κ2) is 5.85. The molecule has 2 aromatic heterocycles. The molecule has 1 N–H and O–H groups in total. The lowest BCUT2D eigenvalue weighted by Crippen LogP contribution is -1.86. The van der Waals surface area contributed by atoms with Crippen molar-refractivity contribution in [2.45, 2.75) is 0 Å². The first-order valence-corrected chi connectivity index (χ1v) is 6.50. The van der Waals surface area contributed by atoms with Crippen molar-refractivity contribution >= 4 is 11.6 Å². The van der Waals surface area contributed by atoms with Gasteiger partial charge in [-0.25, -0.2) is 4.98 Å². The largest absolute Gasteiger partial charge is 0.338 e. The molecular weight excluding hydrogens is 260 g/mol. The molecule has 0 saturated carbocycles. The number of allylic oxidation sites excluding steroid dienone is 1. The third kappa shape index (κ3) is 2.88. The lowest BCUT2D eigenvalue weighted by atomic mass is 10.1. The van der Waals surface area contributed by atoms with Gasteiger partial charge in [-0.15, -0.1) is 0 Å². The molecule has 2 heterocycles. The fourth-order valence-corrected chi connectivity index (χ4v) is 1.99. The molecular formula is C17H12N4. The van der Waals surface area contributed by atoms with Crippen LogP contribution in [0.1, 0.15) is 11.4 Å². The van der Waals surface area contributed by atoms with E-state index in [0.717, 1.165) is 17.1 Å². The van der Waals surface area contributed by atoms with E-state index >= 15 is 0 Å². The van der Waals surface area contributed by atoms with E-state index < -0.39 is 0 Å². The van der Waals surface area contributed by atoms with Crippen LogP contribution < -0.4 is 0 Å². The fourth-order valence-electron chi connectivity index (χ4n) is 1.99. The zero-order valence-electron chi connectivity index (χ0n) is 11.2. The van der Waals surface area contributed by atoms with Crippen molar-refractivity contribution in [1.29, 1.82) is 5.26 Å². The predicted molar refractivity (Wildman–Crippen MR) is 81.7 cm³/mol. The van der Waals surface area contributed by atoms with E-state index in [4.69, 9.17) is 0 Å². The Labute approximate surface area is 122 Å². The molecule has 0 amide bonds. The normalized spacial score (nSPS) is 11.1. The maximum atomic E-state index is 9.27. The number of benzene rings is 1. The number of pyridine rings is 1. The van der Waals surface area contributed by atoms with Crippen molar-refractivity contribution in [3.8, 4) is 17.5 Å². The topological polar surface area (TPSA) is 65.4 Å². The molecule has 3 aromatic rings. The first-order valence-electron chi connectivity index (χ1n) is 6.50. The quantitative estimate of drug-likeness (QED) is 0.742. The van der Waals surface area contributed by atoms with Crippen LogP contribution in [0.2, 0.25) is 0 Å². The second-order valence-electron chi connectivity index (χ2n) is 4.44. The minimum atomic E-state index is 0.499. The first-order chi connectivity index (χ1) is 10.4. The van der Waals surface area contributed by atoms with Crippen LogP contribution in [0.5, 0.6) is 0 Å². The number of nitriles is 1. The molecule has 4 heteroatoms. The van der Waals surface area contributed by atoms with Crippen LogP contribution in [0.3, 0.4) is 0 Å². The average Bonchev–Trinajstić information content (AvgIpc) is 3.03. The summed E-state index contributed by atoms with van der Waals surface area (Å²) < 4.78 is 0. The Morgan fingerprint density at radius 3 is 2.57 bits per heavy atom. The molecule has 4 nitrogen and oxygen atoms in total. The number of nitrogens with zero attached hydrogens (tertiary/aromatic N) is 3. The van der Waals surface area contributed by atoms with Crippen LogP contribution in [-0.2, 0) is 0 Å². The van der Waals surface area contributed by atoms with E-state index in [0.29, 0.717) is 11.3 Å². The van der Waals surface area contributed by atoms with Gasteiger partial charge in [-0.05, 0) is 18.2 Å². The average molecular weight is 272 g/mol. The van der Waals surface area contributed by atoms with Gasteiger partial charge < -0.3 is 4.98 Å². The molecule has 1 aromatic carbocycles. The third-order valence-corrected chi connectivity index (χ3v) is 3.00. The van der Waals surface area contributed by atoms with Gasteiger partial charge in [-0.3, -0.25) is 4.98 Å². The van der Waals surface area contributed by atoms with E-state index in [2.05, 4.69) is 21.0 Å². The van der Waals surface area contributed by atoms with Crippen molar-refractivity contribution in [1.82, 2.24) is 15.0 Å². The summed E-state index contributed by atoms with van der Waals surface area (Å²) in [5, 5.41) is 9.27. The summed E-state index contributed by atoms with van der Waals surface area (Å²) in [5.74, 6) is 0.778. The van der Waals surface area contributed by atoms with Crippen molar-refractivity contribution < 1.29 is 0 Å². The van der Waals surface area contributed by atoms with E-state index in [1.807, 2.05) is 48.5 Å². The number of aromatic nitrogens is 3. The highest BCUT2D eigenvalue weighted by atomic mass is 14.9. The molecule has 0 unspecified atom stereocenters. The summed E-state index contributed by atoms with van der Waals surface area (Å²) in [4.78, 5) is 11.7. The molecule has 100 valence electrons. The molecule has 0 aliphatic rings. The summed E-state index contributed by atoms with van der Waals surface area (Å²) in [5.41, 5.74) is 2.93. The van der Waals surface area contributed by atoms with Crippen LogP contribution in [0.4, 0.5) is 0 Å². The zero-order chi connectivity index (χ0) is 14.5. The molecule has 0 saturated heterocycles. The Kier molecular flexibility index (Phi) is 3.57. The van der Waals surface area contributed by atoms with Gasteiger partial charge in [0.15, 0.2) is 0 Å². The van der Waals surface area contributed by atoms with Gasteiger partial charge >= 0.3 is 0 Å². The summed E-state index contributed by atoms with van der Waals surface area (Å²) in [6.45, 7) is 0. The number of imidazole rings is 1. The Hall–Kier alpha value is -3.19. The Bertz CT molecular complexity index is 796. The third-order valence-electron chi connectivity index (χ3n) is 3.00. The van der Waals surface area contributed by atoms with Gasteiger partial charge in [-0.1, -0.05) is 36.4 Å². The number of hydrogen-bond donors (Lipinski definition) is 1. The highest BCUT2D eigenvalue weighted by Gasteiger charge is 2.05. The predicted octanol–water partition coefficient (Wildman–Crippen LogP) is 3.54. The van der Waals surface area contributed by atoms with E-state index in [1.165, 1.54) is 0 Å². The maximum absolute atomic E-state index is 9.27. The lowest BCUT2D eigenvalue weighted by molar-refractivity contribution is 1.28. The smallest absolute Gasteiger partial charge is 0.137 e. The highest BCUT2D eigenvalue weighted by Crippen LogP contribution is 2.18. The molecule has 0 bridgehead atoms. The first kappa shape index (κ1) is 12.8.